The Labute approximate surface area is 117 Å². The summed E-state index contributed by atoms with van der Waals surface area (Å²) in [6, 6.07) is 7.44. The number of hydrogen-bond donors (Lipinski definition) is 4. The molecule has 3 rings (SSSR count). The van der Waals surface area contributed by atoms with Crippen molar-refractivity contribution in [1.29, 1.82) is 0 Å². The molecule has 0 aliphatic carbocycles. The van der Waals surface area contributed by atoms with Crippen LogP contribution in [-0.4, -0.2) is 20.3 Å². The molecule has 0 aliphatic rings. The van der Waals surface area contributed by atoms with E-state index in [9.17, 15) is 24.5 Å². The van der Waals surface area contributed by atoms with Gasteiger partial charge in [0.15, 0.2) is 5.75 Å². The molecule has 3 aromatic rings. The van der Waals surface area contributed by atoms with Crippen molar-refractivity contribution in [3.8, 4) is 28.5 Å². The molecule has 0 spiro atoms. The first-order chi connectivity index (χ1) is 9.97. The average Bonchev–Trinajstić information content (AvgIpc) is 2.43. The van der Waals surface area contributed by atoms with Crippen LogP contribution in [0.15, 0.2) is 41.2 Å². The van der Waals surface area contributed by atoms with Crippen LogP contribution >= 0.6 is 0 Å². The highest BCUT2D eigenvalue weighted by Crippen LogP contribution is 2.32. The second-order valence-electron chi connectivity index (χ2n) is 4.57. The number of fused-ring (bicyclic) bond motifs is 1. The first-order valence-corrected chi connectivity index (χ1v) is 6.04. The van der Waals surface area contributed by atoms with E-state index in [1.807, 2.05) is 0 Å². The smallest absolute Gasteiger partial charge is 0.235 e. The minimum atomic E-state index is -0.777. The summed E-state index contributed by atoms with van der Waals surface area (Å²) in [6.07, 6.45) is 0. The summed E-state index contributed by atoms with van der Waals surface area (Å²) in [7, 11) is 0. The molecule has 0 fully saturated rings. The Kier molecular flexibility index (Phi) is 2.79. The van der Waals surface area contributed by atoms with Crippen molar-refractivity contribution < 1.29 is 19.7 Å². The van der Waals surface area contributed by atoms with Crippen molar-refractivity contribution in [2.24, 2.45) is 0 Å². The van der Waals surface area contributed by atoms with Crippen LogP contribution in [0.1, 0.15) is 0 Å². The quantitative estimate of drug-likeness (QED) is 0.553. The van der Waals surface area contributed by atoms with Gasteiger partial charge in [0.05, 0.1) is 16.6 Å². The molecule has 0 saturated carbocycles. The molecule has 0 unspecified atom stereocenters. The Morgan fingerprint density at radius 2 is 1.67 bits per heavy atom. The number of benzene rings is 2. The van der Waals surface area contributed by atoms with Crippen LogP contribution in [0.25, 0.3) is 22.2 Å². The van der Waals surface area contributed by atoms with E-state index >= 15 is 0 Å². The van der Waals surface area contributed by atoms with E-state index in [0.29, 0.717) is 5.56 Å². The van der Waals surface area contributed by atoms with Crippen LogP contribution in [-0.2, 0) is 0 Å². The predicted octanol–water partition coefficient (Wildman–Crippen LogP) is 2.45. The van der Waals surface area contributed by atoms with Crippen molar-refractivity contribution >= 4 is 10.9 Å². The molecule has 0 aliphatic heterocycles. The fourth-order valence-electron chi connectivity index (χ4n) is 2.20. The molecule has 0 bridgehead atoms. The Bertz CT molecular complexity index is 900. The zero-order chi connectivity index (χ0) is 15.1. The van der Waals surface area contributed by atoms with Gasteiger partial charge in [0.1, 0.15) is 17.3 Å². The lowest BCUT2D eigenvalue weighted by Crippen LogP contribution is -2.05. The normalized spacial score (nSPS) is 10.9. The van der Waals surface area contributed by atoms with E-state index in [1.54, 1.807) is 0 Å². The number of H-pyrrole nitrogens is 1. The highest BCUT2D eigenvalue weighted by molar-refractivity contribution is 5.90. The number of phenolic OH excluding ortho intramolecular Hbond substituents is 2. The monoisotopic (exact) mass is 287 g/mol. The molecule has 0 amide bonds. The maximum Gasteiger partial charge on any atom is 0.235 e. The van der Waals surface area contributed by atoms with Crippen molar-refractivity contribution in [3.63, 3.8) is 0 Å². The second kappa shape index (κ2) is 4.52. The van der Waals surface area contributed by atoms with Gasteiger partial charge in [-0.2, -0.15) is 0 Å². The SMILES string of the molecule is O=c1c(O)c(-c2ccc(F)cc2)[nH]c2cc(O)cc(O)c12. The Morgan fingerprint density at radius 3 is 2.33 bits per heavy atom. The number of halogens is 1. The van der Waals surface area contributed by atoms with Crippen LogP contribution in [0.3, 0.4) is 0 Å². The second-order valence-corrected chi connectivity index (χ2v) is 4.57. The topological polar surface area (TPSA) is 93.5 Å². The molecule has 0 saturated heterocycles. The molecule has 0 radical (unpaired) electrons. The van der Waals surface area contributed by atoms with Crippen LogP contribution in [0.2, 0.25) is 0 Å². The van der Waals surface area contributed by atoms with Gasteiger partial charge in [-0.15, -0.1) is 0 Å². The fourth-order valence-corrected chi connectivity index (χ4v) is 2.20. The number of pyridine rings is 1. The molecule has 1 heterocycles. The number of phenols is 2. The minimum absolute atomic E-state index is 0.0810. The van der Waals surface area contributed by atoms with Gasteiger partial charge in [-0.1, -0.05) is 0 Å². The number of rotatable bonds is 1. The summed E-state index contributed by atoms with van der Waals surface area (Å²) < 4.78 is 12.9. The molecule has 2 aromatic carbocycles. The van der Waals surface area contributed by atoms with Gasteiger partial charge in [-0.3, -0.25) is 4.79 Å². The van der Waals surface area contributed by atoms with E-state index in [-0.39, 0.29) is 22.3 Å². The van der Waals surface area contributed by atoms with Crippen molar-refractivity contribution in [3.05, 3.63) is 52.4 Å². The highest BCUT2D eigenvalue weighted by atomic mass is 19.1. The third-order valence-electron chi connectivity index (χ3n) is 3.17. The third-order valence-corrected chi connectivity index (χ3v) is 3.17. The molecule has 0 atom stereocenters. The predicted molar refractivity (Wildman–Crippen MR) is 75.0 cm³/mol. The first kappa shape index (κ1) is 13.0. The molecule has 6 heteroatoms. The van der Waals surface area contributed by atoms with Gasteiger partial charge in [-0.25, -0.2) is 4.39 Å². The van der Waals surface area contributed by atoms with E-state index in [2.05, 4.69) is 4.98 Å². The van der Waals surface area contributed by atoms with Gasteiger partial charge in [-0.05, 0) is 24.3 Å². The zero-order valence-corrected chi connectivity index (χ0v) is 10.6. The summed E-state index contributed by atoms with van der Waals surface area (Å²) in [6.45, 7) is 0. The maximum absolute atomic E-state index is 12.9. The van der Waals surface area contributed by atoms with Crippen molar-refractivity contribution in [1.82, 2.24) is 4.98 Å². The number of hydrogen-bond acceptors (Lipinski definition) is 4. The summed E-state index contributed by atoms with van der Waals surface area (Å²) in [5, 5.41) is 29.1. The summed E-state index contributed by atoms with van der Waals surface area (Å²) in [5.74, 6) is -1.70. The van der Waals surface area contributed by atoms with Gasteiger partial charge < -0.3 is 20.3 Å². The van der Waals surface area contributed by atoms with E-state index in [0.717, 1.165) is 6.07 Å². The summed E-state index contributed by atoms with van der Waals surface area (Å²) in [5.41, 5.74) is -0.136. The number of aromatic hydroxyl groups is 3. The van der Waals surface area contributed by atoms with Crippen molar-refractivity contribution in [2.75, 3.05) is 0 Å². The maximum atomic E-state index is 12.9. The largest absolute Gasteiger partial charge is 0.508 e. The molecule has 21 heavy (non-hydrogen) atoms. The lowest BCUT2D eigenvalue weighted by atomic mass is 10.1. The zero-order valence-electron chi connectivity index (χ0n) is 10.6. The average molecular weight is 287 g/mol. The van der Waals surface area contributed by atoms with Gasteiger partial charge in [0.25, 0.3) is 0 Å². The molecule has 4 N–H and O–H groups in total. The van der Waals surface area contributed by atoms with Gasteiger partial charge >= 0.3 is 0 Å². The van der Waals surface area contributed by atoms with Crippen LogP contribution < -0.4 is 5.43 Å². The van der Waals surface area contributed by atoms with E-state index in [4.69, 9.17) is 0 Å². The number of nitrogens with one attached hydrogen (secondary N) is 1. The Hall–Kier alpha value is -3.02. The molecule has 1 aromatic heterocycles. The highest BCUT2D eigenvalue weighted by Gasteiger charge is 2.16. The summed E-state index contributed by atoms with van der Waals surface area (Å²) in [4.78, 5) is 14.9. The van der Waals surface area contributed by atoms with Crippen molar-refractivity contribution in [2.45, 2.75) is 0 Å². The molecule has 106 valence electrons. The lowest BCUT2D eigenvalue weighted by molar-refractivity contribution is 0.452. The summed E-state index contributed by atoms with van der Waals surface area (Å²) >= 11 is 0. The standard InChI is InChI=1S/C15H10FNO4/c16-8-3-1-7(2-4-8)13-15(21)14(20)12-10(17-13)5-9(18)6-11(12)19/h1-6,18-19,21H,(H,17,20). The lowest BCUT2D eigenvalue weighted by Gasteiger charge is -2.09. The Balaban J connectivity index is 2.37. The van der Waals surface area contributed by atoms with Gasteiger partial charge in [0.2, 0.25) is 5.43 Å². The Morgan fingerprint density at radius 1 is 1.00 bits per heavy atom. The molecular weight excluding hydrogens is 277 g/mol. The van der Waals surface area contributed by atoms with E-state index in [1.165, 1.54) is 30.3 Å². The first-order valence-electron chi connectivity index (χ1n) is 6.04. The van der Waals surface area contributed by atoms with E-state index < -0.39 is 22.7 Å². The number of aromatic nitrogens is 1. The van der Waals surface area contributed by atoms with Crippen LogP contribution in [0.5, 0.6) is 17.2 Å². The third kappa shape index (κ3) is 2.06. The fraction of sp³-hybridized carbons (Fsp3) is 0. The molecule has 5 nitrogen and oxygen atoms in total. The molecular formula is C15H10FNO4. The van der Waals surface area contributed by atoms with Crippen LogP contribution in [0.4, 0.5) is 4.39 Å². The van der Waals surface area contributed by atoms with Gasteiger partial charge in [0, 0.05) is 17.7 Å². The van der Waals surface area contributed by atoms with Crippen LogP contribution in [0, 0.1) is 5.82 Å². The minimum Gasteiger partial charge on any atom is -0.508 e. The number of aromatic amines is 1.